The summed E-state index contributed by atoms with van der Waals surface area (Å²) in [4.78, 5) is 15.4. The molecule has 0 aliphatic carbocycles. The van der Waals surface area contributed by atoms with Gasteiger partial charge in [0.15, 0.2) is 0 Å². The number of nitrogens with zero attached hydrogens (tertiary/aromatic N) is 1. The second-order valence-corrected chi connectivity index (χ2v) is 5.32. The van der Waals surface area contributed by atoms with Crippen LogP contribution in [0.2, 0.25) is 0 Å². The van der Waals surface area contributed by atoms with Gasteiger partial charge in [0.25, 0.3) is 0 Å². The molecule has 0 saturated heterocycles. The second-order valence-electron chi connectivity index (χ2n) is 3.59. The van der Waals surface area contributed by atoms with Crippen LogP contribution in [0.3, 0.4) is 0 Å². The fourth-order valence-corrected chi connectivity index (χ4v) is 2.25. The molecule has 1 atom stereocenters. The van der Waals surface area contributed by atoms with Crippen LogP contribution >= 0.6 is 11.8 Å². The Balaban J connectivity index is 2.83. The average molecular weight is 215 g/mol. The van der Waals surface area contributed by atoms with Crippen molar-refractivity contribution in [2.75, 3.05) is 6.61 Å². The van der Waals surface area contributed by atoms with Gasteiger partial charge in [-0.1, -0.05) is 0 Å². The van der Waals surface area contributed by atoms with Gasteiger partial charge in [-0.25, -0.2) is 0 Å². The van der Waals surface area contributed by atoms with Crippen LogP contribution < -0.4 is 0 Å². The number of hydrogen-bond donors (Lipinski definition) is 2. The van der Waals surface area contributed by atoms with Gasteiger partial charge in [0.1, 0.15) is 5.92 Å². The van der Waals surface area contributed by atoms with Crippen LogP contribution in [-0.4, -0.2) is 33.8 Å². The third kappa shape index (κ3) is 2.59. The Morgan fingerprint density at radius 2 is 2.36 bits per heavy atom. The molecule has 0 bridgehead atoms. The van der Waals surface area contributed by atoms with Crippen LogP contribution in [0, 0.1) is 5.92 Å². The number of carboxylic acid groups (broad SMARTS) is 1. The van der Waals surface area contributed by atoms with Gasteiger partial charge in [-0.3, -0.25) is 9.79 Å². The first kappa shape index (κ1) is 11.3. The molecule has 0 spiro atoms. The van der Waals surface area contributed by atoms with Crippen LogP contribution in [0.15, 0.2) is 16.1 Å². The van der Waals surface area contributed by atoms with Gasteiger partial charge < -0.3 is 10.2 Å². The molecule has 1 unspecified atom stereocenters. The molecule has 0 fully saturated rings. The minimum absolute atomic E-state index is 0.201. The normalized spacial score (nSPS) is 21.5. The van der Waals surface area contributed by atoms with E-state index in [1.54, 1.807) is 6.21 Å². The molecule has 5 heteroatoms. The zero-order chi connectivity index (χ0) is 10.8. The summed E-state index contributed by atoms with van der Waals surface area (Å²) in [6.45, 7) is 3.51. The standard InChI is InChI=1S/C9H13NO3S/c1-9(2)5-10-3-7(14-9)6(4-11)8(12)13/h3,5-6,11H,4H2,1-2H3,(H,12,13). The topological polar surface area (TPSA) is 69.9 Å². The first-order chi connectivity index (χ1) is 6.46. The summed E-state index contributed by atoms with van der Waals surface area (Å²) in [5.41, 5.74) is 0. The second kappa shape index (κ2) is 4.14. The maximum atomic E-state index is 10.8. The van der Waals surface area contributed by atoms with Gasteiger partial charge in [0, 0.05) is 22.1 Å². The first-order valence-corrected chi connectivity index (χ1v) is 5.05. The predicted molar refractivity (Wildman–Crippen MR) is 56.5 cm³/mol. The summed E-state index contributed by atoms with van der Waals surface area (Å²) in [5.74, 6) is -1.86. The molecule has 0 aromatic carbocycles. The van der Waals surface area contributed by atoms with E-state index >= 15 is 0 Å². The Morgan fingerprint density at radius 3 is 2.79 bits per heavy atom. The Kier molecular flexibility index (Phi) is 3.34. The van der Waals surface area contributed by atoms with Crippen molar-refractivity contribution in [2.24, 2.45) is 10.9 Å². The van der Waals surface area contributed by atoms with Crippen LogP contribution in [-0.2, 0) is 4.79 Å². The van der Waals surface area contributed by atoms with Gasteiger partial charge in [-0.05, 0) is 13.8 Å². The van der Waals surface area contributed by atoms with Gasteiger partial charge in [-0.2, -0.15) is 0 Å². The van der Waals surface area contributed by atoms with Crippen LogP contribution in [0.1, 0.15) is 13.8 Å². The van der Waals surface area contributed by atoms with E-state index < -0.39 is 11.9 Å². The third-order valence-corrected chi connectivity index (χ3v) is 3.05. The number of aliphatic carboxylic acids is 1. The molecule has 1 rings (SSSR count). The summed E-state index contributed by atoms with van der Waals surface area (Å²) in [5, 5.41) is 17.8. The predicted octanol–water partition coefficient (Wildman–Crippen LogP) is 1.12. The molecule has 1 aliphatic heterocycles. The van der Waals surface area contributed by atoms with Gasteiger partial charge in [-0.15, -0.1) is 11.8 Å². The molecule has 0 amide bonds. The molecular formula is C9H13NO3S. The summed E-state index contributed by atoms with van der Waals surface area (Å²) in [7, 11) is 0. The fraction of sp³-hybridized carbons (Fsp3) is 0.556. The van der Waals surface area contributed by atoms with Crippen molar-refractivity contribution in [2.45, 2.75) is 18.6 Å². The van der Waals surface area contributed by atoms with Crippen LogP contribution in [0.4, 0.5) is 0 Å². The zero-order valence-corrected chi connectivity index (χ0v) is 8.91. The lowest BCUT2D eigenvalue weighted by Crippen LogP contribution is -2.25. The minimum Gasteiger partial charge on any atom is -0.481 e. The van der Waals surface area contributed by atoms with E-state index in [0.29, 0.717) is 4.91 Å². The monoisotopic (exact) mass is 215 g/mol. The van der Waals surface area contributed by atoms with Crippen LogP contribution in [0.25, 0.3) is 0 Å². The summed E-state index contributed by atoms with van der Waals surface area (Å²) in [6, 6.07) is 0. The number of carbonyl (C=O) groups is 1. The number of thioether (sulfide) groups is 1. The molecular weight excluding hydrogens is 202 g/mol. The van der Waals surface area contributed by atoms with Crippen molar-refractivity contribution in [3.63, 3.8) is 0 Å². The highest BCUT2D eigenvalue weighted by atomic mass is 32.2. The smallest absolute Gasteiger partial charge is 0.313 e. The molecule has 2 N–H and O–H groups in total. The lowest BCUT2D eigenvalue weighted by Gasteiger charge is -2.25. The molecule has 0 aromatic heterocycles. The highest BCUT2D eigenvalue weighted by Gasteiger charge is 2.29. The number of aliphatic imine (C=N–C) groups is 1. The van der Waals surface area contributed by atoms with Gasteiger partial charge in [0.2, 0.25) is 0 Å². The number of aliphatic hydroxyl groups excluding tert-OH is 1. The van der Waals surface area contributed by atoms with E-state index in [-0.39, 0.29) is 11.4 Å². The number of hydrogen-bond acceptors (Lipinski definition) is 4. The molecule has 0 saturated carbocycles. The van der Waals surface area contributed by atoms with E-state index in [4.69, 9.17) is 10.2 Å². The van der Waals surface area contributed by atoms with Gasteiger partial charge in [0.05, 0.1) is 6.61 Å². The molecule has 4 nitrogen and oxygen atoms in total. The number of rotatable bonds is 3. The first-order valence-electron chi connectivity index (χ1n) is 4.23. The van der Waals surface area contributed by atoms with E-state index in [2.05, 4.69) is 4.99 Å². The molecule has 1 aliphatic rings. The van der Waals surface area contributed by atoms with E-state index in [0.717, 1.165) is 0 Å². The molecule has 0 aromatic rings. The van der Waals surface area contributed by atoms with Crippen molar-refractivity contribution in [3.05, 3.63) is 11.1 Å². The highest BCUT2D eigenvalue weighted by Crippen LogP contribution is 2.37. The summed E-state index contributed by atoms with van der Waals surface area (Å²) < 4.78 is -0.201. The third-order valence-electron chi connectivity index (χ3n) is 1.79. The van der Waals surface area contributed by atoms with Crippen molar-refractivity contribution in [1.82, 2.24) is 0 Å². The number of aliphatic hydroxyl groups is 1. The lowest BCUT2D eigenvalue weighted by molar-refractivity contribution is -0.141. The molecule has 0 radical (unpaired) electrons. The van der Waals surface area contributed by atoms with Crippen molar-refractivity contribution >= 4 is 23.9 Å². The Labute approximate surface area is 86.7 Å². The van der Waals surface area contributed by atoms with Crippen molar-refractivity contribution in [1.29, 1.82) is 0 Å². The van der Waals surface area contributed by atoms with Gasteiger partial charge >= 0.3 is 5.97 Å². The largest absolute Gasteiger partial charge is 0.481 e. The quantitative estimate of drug-likeness (QED) is 0.740. The van der Waals surface area contributed by atoms with Crippen molar-refractivity contribution < 1.29 is 15.0 Å². The summed E-state index contributed by atoms with van der Waals surface area (Å²) >= 11 is 1.42. The Hall–Kier alpha value is -0.810. The van der Waals surface area contributed by atoms with Crippen molar-refractivity contribution in [3.8, 4) is 0 Å². The van der Waals surface area contributed by atoms with E-state index in [1.807, 2.05) is 13.8 Å². The Morgan fingerprint density at radius 1 is 1.71 bits per heavy atom. The van der Waals surface area contributed by atoms with E-state index in [1.165, 1.54) is 18.0 Å². The average Bonchev–Trinajstić information content (AvgIpc) is 2.02. The van der Waals surface area contributed by atoms with Crippen LogP contribution in [0.5, 0.6) is 0 Å². The zero-order valence-electron chi connectivity index (χ0n) is 8.10. The Bertz CT molecular complexity index is 296. The lowest BCUT2D eigenvalue weighted by atomic mass is 10.1. The van der Waals surface area contributed by atoms with E-state index in [9.17, 15) is 4.79 Å². The molecule has 78 valence electrons. The molecule has 1 heterocycles. The minimum atomic E-state index is -1.01. The maximum absolute atomic E-state index is 10.8. The highest BCUT2D eigenvalue weighted by molar-refractivity contribution is 8.05. The summed E-state index contributed by atoms with van der Waals surface area (Å²) in [6.07, 6.45) is 3.27. The molecule has 14 heavy (non-hydrogen) atoms. The maximum Gasteiger partial charge on any atom is 0.313 e. The number of carboxylic acids is 1. The fourth-order valence-electron chi connectivity index (χ4n) is 1.10. The SMILES string of the molecule is CC1(C)C=NC=C(C(CO)C(=O)O)S1.